The van der Waals surface area contributed by atoms with Crippen molar-refractivity contribution in [2.75, 3.05) is 13.2 Å². The lowest BCUT2D eigenvalue weighted by Gasteiger charge is -2.20. The van der Waals surface area contributed by atoms with Gasteiger partial charge < -0.3 is 15.2 Å². The lowest BCUT2D eigenvalue weighted by molar-refractivity contribution is -0.149. The normalized spacial score (nSPS) is 13.8. The Labute approximate surface area is 121 Å². The van der Waals surface area contributed by atoms with Crippen LogP contribution < -0.4 is 5.73 Å². The number of nitrogens with two attached hydrogens (primary N) is 1. The number of ether oxygens (including phenoxy) is 2. The molecule has 1 aromatic carbocycles. The molecule has 20 heavy (non-hydrogen) atoms. The molecule has 0 spiro atoms. The van der Waals surface area contributed by atoms with Crippen LogP contribution in [0.5, 0.6) is 0 Å². The molecule has 0 aromatic heterocycles. The predicted octanol–water partition coefficient (Wildman–Crippen LogP) is 2.51. The Balaban J connectivity index is 2.27. The maximum absolute atomic E-state index is 11.7. The summed E-state index contributed by atoms with van der Waals surface area (Å²) in [5.41, 5.74) is 7.20. The summed E-state index contributed by atoms with van der Waals surface area (Å²) < 4.78 is 10.6. The summed E-state index contributed by atoms with van der Waals surface area (Å²) in [6.45, 7) is 5.27. The molecule has 1 aromatic rings. The van der Waals surface area contributed by atoms with Crippen LogP contribution >= 0.6 is 0 Å². The number of benzene rings is 1. The zero-order valence-electron chi connectivity index (χ0n) is 12.4. The number of carbonyl (C=O) groups is 1. The van der Waals surface area contributed by atoms with E-state index in [0.29, 0.717) is 32.7 Å². The number of esters is 1. The van der Waals surface area contributed by atoms with Crippen molar-refractivity contribution in [1.82, 2.24) is 0 Å². The van der Waals surface area contributed by atoms with Gasteiger partial charge in [0.1, 0.15) is 0 Å². The van der Waals surface area contributed by atoms with E-state index in [0.717, 1.165) is 5.56 Å². The van der Waals surface area contributed by atoms with Crippen molar-refractivity contribution in [1.29, 1.82) is 0 Å². The molecule has 112 valence electrons. The molecule has 4 heteroatoms. The van der Waals surface area contributed by atoms with Crippen molar-refractivity contribution in [2.24, 2.45) is 11.7 Å². The van der Waals surface area contributed by atoms with Gasteiger partial charge in [-0.05, 0) is 25.3 Å². The van der Waals surface area contributed by atoms with Gasteiger partial charge in [0.25, 0.3) is 0 Å². The summed E-state index contributed by atoms with van der Waals surface area (Å²) in [7, 11) is 0. The van der Waals surface area contributed by atoms with Crippen LogP contribution in [0.25, 0.3) is 0 Å². The fourth-order valence-corrected chi connectivity index (χ4v) is 2.08. The topological polar surface area (TPSA) is 61.5 Å². The van der Waals surface area contributed by atoms with E-state index < -0.39 is 0 Å². The highest BCUT2D eigenvalue weighted by atomic mass is 16.5. The SMILES string of the molecule is CCOC(=O)C(CC)C(N)CCOCc1ccccc1. The molecule has 2 atom stereocenters. The lowest BCUT2D eigenvalue weighted by Crippen LogP contribution is -2.37. The second kappa shape index (κ2) is 9.50. The van der Waals surface area contributed by atoms with Gasteiger partial charge in [-0.25, -0.2) is 0 Å². The van der Waals surface area contributed by atoms with Crippen LogP contribution in [-0.4, -0.2) is 25.2 Å². The fraction of sp³-hybridized carbons (Fsp3) is 0.562. The van der Waals surface area contributed by atoms with Crippen molar-refractivity contribution in [2.45, 2.75) is 39.3 Å². The third-order valence-electron chi connectivity index (χ3n) is 3.25. The number of hydrogen-bond donors (Lipinski definition) is 1. The van der Waals surface area contributed by atoms with Crippen molar-refractivity contribution in [3.05, 3.63) is 35.9 Å². The monoisotopic (exact) mass is 279 g/mol. The first-order chi connectivity index (χ1) is 9.69. The third kappa shape index (κ3) is 5.72. The molecular formula is C16H25NO3. The highest BCUT2D eigenvalue weighted by molar-refractivity contribution is 5.73. The summed E-state index contributed by atoms with van der Waals surface area (Å²) in [6, 6.07) is 9.77. The van der Waals surface area contributed by atoms with E-state index in [4.69, 9.17) is 15.2 Å². The van der Waals surface area contributed by atoms with Gasteiger partial charge in [0.15, 0.2) is 0 Å². The van der Waals surface area contributed by atoms with E-state index in [9.17, 15) is 4.79 Å². The zero-order chi connectivity index (χ0) is 14.8. The molecule has 2 N–H and O–H groups in total. The molecule has 0 saturated heterocycles. The van der Waals surface area contributed by atoms with Crippen LogP contribution in [0.3, 0.4) is 0 Å². The van der Waals surface area contributed by atoms with Crippen LogP contribution in [-0.2, 0) is 20.9 Å². The predicted molar refractivity (Wildman–Crippen MR) is 79.1 cm³/mol. The van der Waals surface area contributed by atoms with E-state index in [1.165, 1.54) is 0 Å². The molecule has 0 radical (unpaired) electrons. The summed E-state index contributed by atoms with van der Waals surface area (Å²) in [5.74, 6) is -0.444. The lowest BCUT2D eigenvalue weighted by atomic mass is 9.95. The second-order valence-corrected chi connectivity index (χ2v) is 4.76. The van der Waals surface area contributed by atoms with Gasteiger partial charge in [-0.2, -0.15) is 0 Å². The summed E-state index contributed by atoms with van der Waals surface area (Å²) in [6.07, 6.45) is 1.35. The first-order valence-corrected chi connectivity index (χ1v) is 7.22. The van der Waals surface area contributed by atoms with Gasteiger partial charge in [-0.3, -0.25) is 4.79 Å². The quantitative estimate of drug-likeness (QED) is 0.557. The largest absolute Gasteiger partial charge is 0.466 e. The van der Waals surface area contributed by atoms with Crippen LogP contribution in [0.2, 0.25) is 0 Å². The Kier molecular flexibility index (Phi) is 7.92. The van der Waals surface area contributed by atoms with E-state index >= 15 is 0 Å². The third-order valence-corrected chi connectivity index (χ3v) is 3.25. The first kappa shape index (κ1) is 16.7. The molecule has 2 unspecified atom stereocenters. The van der Waals surface area contributed by atoms with Gasteiger partial charge in [0, 0.05) is 12.6 Å². The maximum Gasteiger partial charge on any atom is 0.310 e. The molecule has 0 aliphatic rings. The second-order valence-electron chi connectivity index (χ2n) is 4.76. The summed E-state index contributed by atoms with van der Waals surface area (Å²) in [4.78, 5) is 11.7. The van der Waals surface area contributed by atoms with E-state index in [-0.39, 0.29) is 17.9 Å². The summed E-state index contributed by atoms with van der Waals surface area (Å²) >= 11 is 0. The van der Waals surface area contributed by atoms with Crippen molar-refractivity contribution in [3.63, 3.8) is 0 Å². The van der Waals surface area contributed by atoms with Gasteiger partial charge in [0.05, 0.1) is 19.1 Å². The minimum atomic E-state index is -0.240. The number of rotatable bonds is 9. The van der Waals surface area contributed by atoms with Crippen LogP contribution in [0, 0.1) is 5.92 Å². The van der Waals surface area contributed by atoms with Crippen LogP contribution in [0.4, 0.5) is 0 Å². The molecule has 0 heterocycles. The number of hydrogen-bond acceptors (Lipinski definition) is 4. The van der Waals surface area contributed by atoms with Crippen LogP contribution in [0.15, 0.2) is 30.3 Å². The highest BCUT2D eigenvalue weighted by Crippen LogP contribution is 2.13. The Hall–Kier alpha value is -1.39. The Morgan fingerprint density at radius 1 is 1.25 bits per heavy atom. The van der Waals surface area contributed by atoms with Gasteiger partial charge in [-0.15, -0.1) is 0 Å². The van der Waals surface area contributed by atoms with Crippen molar-refractivity contribution < 1.29 is 14.3 Å². The molecule has 0 bridgehead atoms. The van der Waals surface area contributed by atoms with E-state index in [1.807, 2.05) is 37.3 Å². The zero-order valence-corrected chi connectivity index (χ0v) is 12.4. The van der Waals surface area contributed by atoms with Crippen LogP contribution in [0.1, 0.15) is 32.3 Å². The standard InChI is InChI=1S/C16H25NO3/c1-3-14(16(18)20-4-2)15(17)10-11-19-12-13-8-6-5-7-9-13/h5-9,14-15H,3-4,10-12,17H2,1-2H3. The maximum atomic E-state index is 11.7. The molecule has 0 saturated carbocycles. The molecule has 0 amide bonds. The van der Waals surface area contributed by atoms with E-state index in [2.05, 4.69) is 0 Å². The smallest absolute Gasteiger partial charge is 0.310 e. The molecule has 0 aliphatic carbocycles. The Morgan fingerprint density at radius 3 is 2.55 bits per heavy atom. The molecule has 0 fully saturated rings. The summed E-state index contributed by atoms with van der Waals surface area (Å²) in [5, 5.41) is 0. The van der Waals surface area contributed by atoms with E-state index in [1.54, 1.807) is 6.92 Å². The van der Waals surface area contributed by atoms with Gasteiger partial charge in [0.2, 0.25) is 0 Å². The number of carbonyl (C=O) groups excluding carboxylic acids is 1. The van der Waals surface area contributed by atoms with Crippen molar-refractivity contribution in [3.8, 4) is 0 Å². The fourth-order valence-electron chi connectivity index (χ4n) is 2.08. The minimum Gasteiger partial charge on any atom is -0.466 e. The molecule has 0 aliphatic heterocycles. The average Bonchev–Trinajstić information content (AvgIpc) is 2.46. The molecular weight excluding hydrogens is 254 g/mol. The Morgan fingerprint density at radius 2 is 1.95 bits per heavy atom. The van der Waals surface area contributed by atoms with Crippen molar-refractivity contribution >= 4 is 5.97 Å². The Bertz CT molecular complexity index is 381. The average molecular weight is 279 g/mol. The molecule has 1 rings (SSSR count). The van der Waals surface area contributed by atoms with Gasteiger partial charge in [-0.1, -0.05) is 37.3 Å². The first-order valence-electron chi connectivity index (χ1n) is 7.22. The minimum absolute atomic E-state index is 0.203. The molecule has 4 nitrogen and oxygen atoms in total. The highest BCUT2D eigenvalue weighted by Gasteiger charge is 2.24. The van der Waals surface area contributed by atoms with Gasteiger partial charge >= 0.3 is 5.97 Å².